The van der Waals surface area contributed by atoms with E-state index in [-0.39, 0.29) is 0 Å². The van der Waals surface area contributed by atoms with E-state index in [4.69, 9.17) is 4.99 Å². The van der Waals surface area contributed by atoms with Crippen LogP contribution in [0, 0.1) is 17.8 Å². The molecule has 3 rings (SSSR count). The van der Waals surface area contributed by atoms with E-state index in [1.807, 2.05) is 11.8 Å². The molecule has 1 saturated heterocycles. The number of rotatable bonds is 2. The molecule has 1 N–H and O–H groups in total. The minimum Gasteiger partial charge on any atom is -0.359 e. The van der Waals surface area contributed by atoms with Gasteiger partial charge in [-0.15, -0.1) is 0 Å². The number of hydrogen-bond donors (Lipinski definition) is 1. The van der Waals surface area contributed by atoms with Gasteiger partial charge in [-0.25, -0.2) is 0 Å². The summed E-state index contributed by atoms with van der Waals surface area (Å²) in [5.41, 5.74) is 0.391. The lowest BCUT2D eigenvalue weighted by atomic mass is 9.78. The first kappa shape index (κ1) is 14.7. The Balaban J connectivity index is 1.61. The number of nitrogens with zero attached hydrogens (tertiary/aromatic N) is 1. The fourth-order valence-corrected chi connectivity index (χ4v) is 5.56. The predicted molar refractivity (Wildman–Crippen MR) is 89.4 cm³/mol. The summed E-state index contributed by atoms with van der Waals surface area (Å²) in [5, 5.41) is 5.08. The van der Waals surface area contributed by atoms with E-state index in [0.717, 1.165) is 17.8 Å². The van der Waals surface area contributed by atoms with Gasteiger partial charge in [0.1, 0.15) is 0 Å². The van der Waals surface area contributed by atoms with Crippen LogP contribution < -0.4 is 5.32 Å². The molecular formula is C17H30N2S. The zero-order valence-electron chi connectivity index (χ0n) is 13.3. The van der Waals surface area contributed by atoms with Crippen LogP contribution in [0.1, 0.15) is 65.7 Å². The lowest BCUT2D eigenvalue weighted by Gasteiger charge is -2.35. The second-order valence-corrected chi connectivity index (χ2v) is 8.45. The van der Waals surface area contributed by atoms with Gasteiger partial charge in [0, 0.05) is 11.3 Å². The molecule has 114 valence electrons. The highest BCUT2D eigenvalue weighted by Crippen LogP contribution is 2.40. The Morgan fingerprint density at radius 2 is 1.95 bits per heavy atom. The standard InChI is InChI=1S/C17H30N2S/c1-4-14-5-6-15(13(14)3)18-16-19-17(11-20-16)9-7-12(2)8-10-17/h12-15H,4-11H2,1-3H3,(H,18,19). The molecule has 3 atom stereocenters. The van der Waals surface area contributed by atoms with Gasteiger partial charge in [-0.3, -0.25) is 4.99 Å². The highest BCUT2D eigenvalue weighted by molar-refractivity contribution is 8.14. The minimum absolute atomic E-state index is 0.391. The Labute approximate surface area is 128 Å². The average Bonchev–Trinajstić information content (AvgIpc) is 3.00. The van der Waals surface area contributed by atoms with Crippen LogP contribution in [0.15, 0.2) is 4.99 Å². The van der Waals surface area contributed by atoms with Crippen molar-refractivity contribution in [2.24, 2.45) is 22.7 Å². The fourth-order valence-electron chi connectivity index (χ4n) is 4.29. The van der Waals surface area contributed by atoms with Crippen molar-refractivity contribution in [3.63, 3.8) is 0 Å². The lowest BCUT2D eigenvalue weighted by Crippen LogP contribution is -2.46. The summed E-state index contributed by atoms with van der Waals surface area (Å²) < 4.78 is 0. The van der Waals surface area contributed by atoms with Gasteiger partial charge >= 0.3 is 0 Å². The molecule has 0 bridgehead atoms. The average molecular weight is 295 g/mol. The number of amidine groups is 1. The molecule has 3 heteroatoms. The largest absolute Gasteiger partial charge is 0.359 e. The summed E-state index contributed by atoms with van der Waals surface area (Å²) in [6, 6.07) is 0.576. The van der Waals surface area contributed by atoms with E-state index in [9.17, 15) is 0 Å². The molecule has 0 aromatic heterocycles. The molecule has 0 aromatic carbocycles. The quantitative estimate of drug-likeness (QED) is 0.813. The van der Waals surface area contributed by atoms with Crippen LogP contribution in [-0.4, -0.2) is 22.5 Å². The van der Waals surface area contributed by atoms with E-state index in [1.54, 1.807) is 0 Å². The SMILES string of the molecule is CCC1CCC(N=C2NC3(CCC(C)CC3)CS2)C1C. The van der Waals surface area contributed by atoms with Crippen molar-refractivity contribution in [2.75, 3.05) is 5.75 Å². The topological polar surface area (TPSA) is 24.4 Å². The van der Waals surface area contributed by atoms with E-state index < -0.39 is 0 Å². The van der Waals surface area contributed by atoms with E-state index in [1.165, 1.54) is 55.9 Å². The van der Waals surface area contributed by atoms with Crippen molar-refractivity contribution < 1.29 is 0 Å². The number of hydrogen-bond acceptors (Lipinski definition) is 2. The zero-order chi connectivity index (χ0) is 14.2. The number of nitrogens with one attached hydrogen (secondary N) is 1. The van der Waals surface area contributed by atoms with Crippen LogP contribution in [0.2, 0.25) is 0 Å². The Bertz CT molecular complexity index is 371. The molecule has 3 aliphatic rings. The summed E-state index contributed by atoms with van der Waals surface area (Å²) in [7, 11) is 0. The third-order valence-corrected chi connectivity index (χ3v) is 7.26. The van der Waals surface area contributed by atoms with Gasteiger partial charge in [0.05, 0.1) is 6.04 Å². The number of aliphatic imine (C=N–C) groups is 1. The molecule has 0 radical (unpaired) electrons. The molecule has 1 aliphatic heterocycles. The van der Waals surface area contributed by atoms with Crippen LogP contribution in [0.25, 0.3) is 0 Å². The van der Waals surface area contributed by atoms with Crippen LogP contribution in [0.4, 0.5) is 0 Å². The van der Waals surface area contributed by atoms with Crippen molar-refractivity contribution in [3.8, 4) is 0 Å². The molecule has 2 nitrogen and oxygen atoms in total. The van der Waals surface area contributed by atoms with Crippen LogP contribution in [0.3, 0.4) is 0 Å². The summed E-state index contributed by atoms with van der Waals surface area (Å²) in [4.78, 5) is 5.09. The summed E-state index contributed by atoms with van der Waals surface area (Å²) >= 11 is 1.99. The Morgan fingerprint density at radius 3 is 2.60 bits per heavy atom. The molecule has 1 heterocycles. The van der Waals surface area contributed by atoms with E-state index in [2.05, 4.69) is 26.1 Å². The first-order valence-corrected chi connectivity index (χ1v) is 9.59. The monoisotopic (exact) mass is 294 g/mol. The van der Waals surface area contributed by atoms with Gasteiger partial charge in [-0.2, -0.15) is 0 Å². The van der Waals surface area contributed by atoms with Crippen LogP contribution in [-0.2, 0) is 0 Å². The zero-order valence-corrected chi connectivity index (χ0v) is 14.1. The maximum absolute atomic E-state index is 5.09. The first-order valence-electron chi connectivity index (χ1n) is 8.60. The second-order valence-electron chi connectivity index (χ2n) is 7.48. The van der Waals surface area contributed by atoms with Crippen molar-refractivity contribution in [1.82, 2.24) is 5.32 Å². The van der Waals surface area contributed by atoms with Crippen molar-refractivity contribution >= 4 is 16.9 Å². The maximum Gasteiger partial charge on any atom is 0.157 e. The van der Waals surface area contributed by atoms with Crippen molar-refractivity contribution in [1.29, 1.82) is 0 Å². The van der Waals surface area contributed by atoms with E-state index in [0.29, 0.717) is 11.6 Å². The van der Waals surface area contributed by atoms with Gasteiger partial charge < -0.3 is 5.32 Å². The molecule has 0 amide bonds. The van der Waals surface area contributed by atoms with Gasteiger partial charge in [-0.1, -0.05) is 39.0 Å². The van der Waals surface area contributed by atoms with Gasteiger partial charge in [0.25, 0.3) is 0 Å². The summed E-state index contributed by atoms with van der Waals surface area (Å²) in [5.74, 6) is 3.85. The highest BCUT2D eigenvalue weighted by Gasteiger charge is 2.40. The Kier molecular flexibility index (Phi) is 4.35. The molecule has 0 aromatic rings. The van der Waals surface area contributed by atoms with Gasteiger partial charge in [0.2, 0.25) is 0 Å². The summed E-state index contributed by atoms with van der Waals surface area (Å²) in [6.45, 7) is 7.14. The summed E-state index contributed by atoms with van der Waals surface area (Å²) in [6.07, 6.45) is 9.47. The molecule has 3 unspecified atom stereocenters. The smallest absolute Gasteiger partial charge is 0.157 e. The van der Waals surface area contributed by atoms with Gasteiger partial charge in [-0.05, 0) is 56.3 Å². The van der Waals surface area contributed by atoms with Gasteiger partial charge in [0.15, 0.2) is 5.17 Å². The van der Waals surface area contributed by atoms with Crippen LogP contribution >= 0.6 is 11.8 Å². The molecule has 20 heavy (non-hydrogen) atoms. The lowest BCUT2D eigenvalue weighted by molar-refractivity contribution is 0.250. The number of thioether (sulfide) groups is 1. The third kappa shape index (κ3) is 2.88. The fraction of sp³-hybridized carbons (Fsp3) is 0.941. The maximum atomic E-state index is 5.09. The third-order valence-electron chi connectivity index (χ3n) is 6.08. The highest BCUT2D eigenvalue weighted by atomic mass is 32.2. The molecule has 1 spiro atoms. The minimum atomic E-state index is 0.391. The van der Waals surface area contributed by atoms with E-state index >= 15 is 0 Å². The van der Waals surface area contributed by atoms with Crippen molar-refractivity contribution in [3.05, 3.63) is 0 Å². The molecular weight excluding hydrogens is 264 g/mol. The predicted octanol–water partition coefficient (Wildman–Crippen LogP) is 4.45. The van der Waals surface area contributed by atoms with Crippen molar-refractivity contribution in [2.45, 2.75) is 77.3 Å². The molecule has 3 fully saturated rings. The first-order chi connectivity index (χ1) is 9.62. The molecule has 2 aliphatic carbocycles. The second kappa shape index (κ2) is 5.90. The Morgan fingerprint density at radius 1 is 1.20 bits per heavy atom. The molecule has 2 saturated carbocycles. The Hall–Kier alpha value is -0.180. The van der Waals surface area contributed by atoms with Crippen LogP contribution in [0.5, 0.6) is 0 Å². The normalized spacial score (nSPS) is 47.0.